The van der Waals surface area contributed by atoms with Crippen LogP contribution in [0.1, 0.15) is 30.0 Å². The maximum atomic E-state index is 13.1. The fourth-order valence-electron chi connectivity index (χ4n) is 3.71. The number of amides is 2. The van der Waals surface area contributed by atoms with Gasteiger partial charge in [-0.25, -0.2) is 0 Å². The van der Waals surface area contributed by atoms with Gasteiger partial charge in [0, 0.05) is 30.9 Å². The lowest BCUT2D eigenvalue weighted by Crippen LogP contribution is -2.37. The minimum Gasteiger partial charge on any atom is -0.312 e. The van der Waals surface area contributed by atoms with E-state index >= 15 is 0 Å². The molecule has 0 N–H and O–H groups in total. The average Bonchev–Trinajstić information content (AvgIpc) is 2.96. The largest absolute Gasteiger partial charge is 0.312 e. The fourth-order valence-corrected chi connectivity index (χ4v) is 3.71. The lowest BCUT2D eigenvalue weighted by atomic mass is 10.1. The van der Waals surface area contributed by atoms with E-state index in [0.717, 1.165) is 28.1 Å². The zero-order chi connectivity index (χ0) is 18.8. The number of anilines is 2. The first-order valence-electron chi connectivity index (χ1n) is 9.15. The Morgan fingerprint density at radius 2 is 1.77 bits per heavy atom. The summed E-state index contributed by atoms with van der Waals surface area (Å²) in [7, 11) is 0. The predicted molar refractivity (Wildman–Crippen MR) is 106 cm³/mol. The molecule has 1 aliphatic heterocycles. The van der Waals surface area contributed by atoms with Gasteiger partial charge in [-0.1, -0.05) is 18.2 Å². The van der Waals surface area contributed by atoms with E-state index in [0.29, 0.717) is 13.1 Å². The monoisotopic (exact) mass is 350 g/mol. The lowest BCUT2D eigenvalue weighted by molar-refractivity contribution is -0.124. The van der Waals surface area contributed by atoms with Crippen molar-refractivity contribution in [3.63, 3.8) is 0 Å². The highest BCUT2D eigenvalue weighted by molar-refractivity contribution is 6.04. The molecule has 2 amide bonds. The number of aryl methyl sites for hydroxylation is 3. The Labute approximate surface area is 155 Å². The van der Waals surface area contributed by atoms with Gasteiger partial charge in [0.05, 0.1) is 5.92 Å². The molecule has 136 valence electrons. The number of hydrogen-bond donors (Lipinski definition) is 0. The van der Waals surface area contributed by atoms with Crippen molar-refractivity contribution in [3.05, 3.63) is 59.2 Å². The molecule has 1 fully saturated rings. The Bertz CT molecular complexity index is 824. The molecular weight excluding hydrogens is 324 g/mol. The minimum absolute atomic E-state index is 0.0219. The Balaban J connectivity index is 1.81. The van der Waals surface area contributed by atoms with Crippen LogP contribution in [0.3, 0.4) is 0 Å². The molecule has 0 radical (unpaired) electrons. The molecule has 1 atom stereocenters. The zero-order valence-corrected chi connectivity index (χ0v) is 16.0. The normalized spacial score (nSPS) is 16.8. The Kier molecular flexibility index (Phi) is 5.12. The second-order valence-corrected chi connectivity index (χ2v) is 7.17. The first-order chi connectivity index (χ1) is 12.4. The molecule has 0 saturated carbocycles. The van der Waals surface area contributed by atoms with Crippen LogP contribution in [-0.2, 0) is 9.59 Å². The molecule has 1 aliphatic rings. The summed E-state index contributed by atoms with van der Waals surface area (Å²) >= 11 is 0. The van der Waals surface area contributed by atoms with Gasteiger partial charge in [0.2, 0.25) is 11.8 Å². The number of hydrogen-bond acceptors (Lipinski definition) is 2. The van der Waals surface area contributed by atoms with Crippen LogP contribution in [0.25, 0.3) is 0 Å². The molecule has 4 heteroatoms. The van der Waals surface area contributed by atoms with Gasteiger partial charge >= 0.3 is 0 Å². The number of carbonyl (C=O) groups is 2. The highest BCUT2D eigenvalue weighted by Gasteiger charge is 2.37. The van der Waals surface area contributed by atoms with E-state index < -0.39 is 0 Å². The highest BCUT2D eigenvalue weighted by atomic mass is 16.2. The first kappa shape index (κ1) is 18.2. The van der Waals surface area contributed by atoms with E-state index in [-0.39, 0.29) is 24.2 Å². The number of benzene rings is 2. The Hall–Kier alpha value is -2.62. The van der Waals surface area contributed by atoms with Crippen LogP contribution in [0.2, 0.25) is 0 Å². The second-order valence-electron chi connectivity index (χ2n) is 7.17. The van der Waals surface area contributed by atoms with Crippen LogP contribution >= 0.6 is 0 Å². The molecule has 2 aromatic carbocycles. The summed E-state index contributed by atoms with van der Waals surface area (Å²) in [5.41, 5.74) is 5.15. The third-order valence-corrected chi connectivity index (χ3v) is 4.89. The summed E-state index contributed by atoms with van der Waals surface area (Å²) in [6.07, 6.45) is 0.272. The summed E-state index contributed by atoms with van der Waals surface area (Å²) in [5.74, 6) is -0.254. The van der Waals surface area contributed by atoms with Crippen LogP contribution in [-0.4, -0.2) is 24.9 Å². The van der Waals surface area contributed by atoms with Crippen LogP contribution in [0.15, 0.2) is 42.5 Å². The van der Waals surface area contributed by atoms with Crippen molar-refractivity contribution in [1.82, 2.24) is 0 Å². The minimum atomic E-state index is -0.302. The fraction of sp³-hybridized carbons (Fsp3) is 0.364. The Morgan fingerprint density at radius 1 is 1.08 bits per heavy atom. The van der Waals surface area contributed by atoms with Crippen LogP contribution in [0.4, 0.5) is 11.4 Å². The maximum Gasteiger partial charge on any atom is 0.232 e. The van der Waals surface area contributed by atoms with Crippen LogP contribution in [0.5, 0.6) is 0 Å². The van der Waals surface area contributed by atoms with Gasteiger partial charge in [-0.2, -0.15) is 0 Å². The summed E-state index contributed by atoms with van der Waals surface area (Å²) < 4.78 is 0. The second kappa shape index (κ2) is 7.32. The van der Waals surface area contributed by atoms with Crippen molar-refractivity contribution in [1.29, 1.82) is 0 Å². The summed E-state index contributed by atoms with van der Waals surface area (Å²) in [4.78, 5) is 29.2. The van der Waals surface area contributed by atoms with Gasteiger partial charge in [-0.05, 0) is 68.7 Å². The smallest absolute Gasteiger partial charge is 0.232 e. The van der Waals surface area contributed by atoms with E-state index in [9.17, 15) is 9.59 Å². The molecule has 1 heterocycles. The van der Waals surface area contributed by atoms with Crippen molar-refractivity contribution >= 4 is 23.2 Å². The summed E-state index contributed by atoms with van der Waals surface area (Å²) in [6, 6.07) is 14.0. The topological polar surface area (TPSA) is 40.6 Å². The third kappa shape index (κ3) is 3.64. The van der Waals surface area contributed by atoms with Gasteiger partial charge in [0.15, 0.2) is 0 Å². The summed E-state index contributed by atoms with van der Waals surface area (Å²) in [6.45, 7) is 9.08. The molecule has 0 aromatic heterocycles. The first-order valence-corrected chi connectivity index (χ1v) is 9.15. The van der Waals surface area contributed by atoms with Gasteiger partial charge in [-0.15, -0.1) is 0 Å². The van der Waals surface area contributed by atoms with Crippen molar-refractivity contribution in [2.75, 3.05) is 22.9 Å². The highest BCUT2D eigenvalue weighted by Crippen LogP contribution is 2.29. The van der Waals surface area contributed by atoms with Crippen LogP contribution < -0.4 is 9.80 Å². The third-order valence-electron chi connectivity index (χ3n) is 4.89. The van der Waals surface area contributed by atoms with Crippen molar-refractivity contribution in [2.24, 2.45) is 5.92 Å². The van der Waals surface area contributed by atoms with Gasteiger partial charge < -0.3 is 9.80 Å². The Morgan fingerprint density at radius 3 is 2.38 bits per heavy atom. The molecule has 2 aromatic rings. The molecular formula is C22H26N2O2. The van der Waals surface area contributed by atoms with E-state index in [1.54, 1.807) is 9.80 Å². The zero-order valence-electron chi connectivity index (χ0n) is 16.0. The predicted octanol–water partition coefficient (Wildman–Crippen LogP) is 4.02. The van der Waals surface area contributed by atoms with Crippen LogP contribution in [0, 0.1) is 26.7 Å². The molecule has 1 saturated heterocycles. The molecule has 1 unspecified atom stereocenters. The number of nitrogens with zero attached hydrogens (tertiary/aromatic N) is 2. The molecule has 0 spiro atoms. The molecule has 4 nitrogen and oxygen atoms in total. The lowest BCUT2D eigenvalue weighted by Gasteiger charge is -2.25. The van der Waals surface area contributed by atoms with Crippen molar-refractivity contribution < 1.29 is 9.59 Å². The van der Waals surface area contributed by atoms with E-state index in [1.807, 2.05) is 64.1 Å². The van der Waals surface area contributed by atoms with Gasteiger partial charge in [0.1, 0.15) is 0 Å². The van der Waals surface area contributed by atoms with Crippen molar-refractivity contribution in [3.8, 4) is 0 Å². The molecule has 0 bridgehead atoms. The SMILES string of the molecule is CCN(C(=O)C1CC(=O)N(c2cc(C)cc(C)c2)C1)c1cccc(C)c1. The molecule has 0 aliphatic carbocycles. The van der Waals surface area contributed by atoms with Crippen molar-refractivity contribution in [2.45, 2.75) is 34.1 Å². The summed E-state index contributed by atoms with van der Waals surface area (Å²) in [5, 5.41) is 0. The van der Waals surface area contributed by atoms with E-state index in [4.69, 9.17) is 0 Å². The number of rotatable bonds is 4. The molecule has 26 heavy (non-hydrogen) atoms. The van der Waals surface area contributed by atoms with Gasteiger partial charge in [-0.3, -0.25) is 9.59 Å². The standard InChI is InChI=1S/C22H26N2O2/c1-5-23(19-8-6-7-15(2)10-19)22(26)18-13-21(25)24(14-18)20-11-16(3)9-17(4)12-20/h6-12,18H,5,13-14H2,1-4H3. The van der Waals surface area contributed by atoms with Gasteiger partial charge in [0.25, 0.3) is 0 Å². The number of carbonyl (C=O) groups excluding carboxylic acids is 2. The van der Waals surface area contributed by atoms with E-state index in [2.05, 4.69) is 6.07 Å². The average molecular weight is 350 g/mol. The quantitative estimate of drug-likeness (QED) is 0.836. The maximum absolute atomic E-state index is 13.1. The van der Waals surface area contributed by atoms with E-state index in [1.165, 1.54) is 0 Å². The molecule has 3 rings (SSSR count).